The average molecular weight is 532 g/mol. The number of carbonyl (C=O) groups excluding carboxylic acids is 2. The molecule has 4 heterocycles. The van der Waals surface area contributed by atoms with Gasteiger partial charge in [-0.15, -0.1) is 0 Å². The van der Waals surface area contributed by atoms with E-state index in [4.69, 9.17) is 0 Å². The molecule has 0 saturated heterocycles. The number of pyridine rings is 1. The van der Waals surface area contributed by atoms with Gasteiger partial charge in [0.15, 0.2) is 5.69 Å². The summed E-state index contributed by atoms with van der Waals surface area (Å²) in [5, 5.41) is 16.7. The summed E-state index contributed by atoms with van der Waals surface area (Å²) >= 11 is 0. The van der Waals surface area contributed by atoms with Crippen LogP contribution in [0.15, 0.2) is 47.4 Å². The number of nitrogens with zero attached hydrogens (tertiary/aromatic N) is 3. The molecule has 9 nitrogen and oxygen atoms in total. The molecule has 0 radical (unpaired) electrons. The zero-order chi connectivity index (χ0) is 27.4. The van der Waals surface area contributed by atoms with E-state index in [0.29, 0.717) is 54.9 Å². The summed E-state index contributed by atoms with van der Waals surface area (Å²) in [4.78, 5) is 49.3. The van der Waals surface area contributed by atoms with Gasteiger partial charge >= 0.3 is 0 Å². The number of benzene rings is 1. The monoisotopic (exact) mass is 531 g/mol. The van der Waals surface area contributed by atoms with Crippen molar-refractivity contribution in [3.05, 3.63) is 87.1 Å². The molecule has 3 aromatic rings. The number of nitrogens with one attached hydrogen (secondary N) is 2. The number of aromatic hydroxyl groups is 1. The van der Waals surface area contributed by atoms with Gasteiger partial charge in [-0.2, -0.15) is 0 Å². The predicted molar refractivity (Wildman–Crippen MR) is 139 cm³/mol. The first-order valence-corrected chi connectivity index (χ1v) is 13.3. The van der Waals surface area contributed by atoms with Crippen LogP contribution in [0.1, 0.15) is 71.7 Å². The van der Waals surface area contributed by atoms with Gasteiger partial charge in [-0.1, -0.05) is 18.2 Å². The lowest BCUT2D eigenvalue weighted by Crippen LogP contribution is -2.52. The van der Waals surface area contributed by atoms with Gasteiger partial charge in [-0.3, -0.25) is 23.9 Å². The van der Waals surface area contributed by atoms with Crippen molar-refractivity contribution in [1.29, 1.82) is 0 Å². The fourth-order valence-electron chi connectivity index (χ4n) is 6.04. The number of rotatable bonds is 6. The Morgan fingerprint density at radius 3 is 2.59 bits per heavy atom. The van der Waals surface area contributed by atoms with Crippen molar-refractivity contribution >= 4 is 11.8 Å². The summed E-state index contributed by atoms with van der Waals surface area (Å²) in [5.74, 6) is -1.43. The van der Waals surface area contributed by atoms with Crippen LogP contribution in [0.5, 0.6) is 5.75 Å². The Morgan fingerprint density at radius 2 is 1.92 bits per heavy atom. The number of aryl methyl sites for hydroxylation is 1. The van der Waals surface area contributed by atoms with Crippen molar-refractivity contribution in [1.82, 2.24) is 25.2 Å². The molecule has 2 aromatic heterocycles. The molecular weight excluding hydrogens is 501 g/mol. The molecule has 1 aromatic carbocycles. The topological polar surface area (TPSA) is 126 Å². The van der Waals surface area contributed by atoms with Crippen molar-refractivity contribution in [2.45, 2.75) is 69.5 Å². The van der Waals surface area contributed by atoms with Gasteiger partial charge in [0.2, 0.25) is 11.7 Å². The highest BCUT2D eigenvalue weighted by Gasteiger charge is 2.56. The number of carbonyl (C=O) groups is 2. The number of halogens is 1. The second-order valence-corrected chi connectivity index (χ2v) is 11.1. The van der Waals surface area contributed by atoms with E-state index in [1.54, 1.807) is 25.3 Å². The number of aromatic nitrogens is 3. The molecule has 202 valence electrons. The van der Waals surface area contributed by atoms with Gasteiger partial charge in [0.1, 0.15) is 11.6 Å². The molecule has 0 atom stereocenters. The van der Waals surface area contributed by atoms with E-state index in [9.17, 15) is 23.9 Å². The Labute approximate surface area is 224 Å². The second kappa shape index (κ2) is 9.29. The molecule has 4 aliphatic rings. The maximum absolute atomic E-state index is 13.8. The van der Waals surface area contributed by atoms with Crippen LogP contribution in [-0.2, 0) is 28.8 Å². The lowest BCUT2D eigenvalue weighted by atomic mass is 9.77. The molecule has 0 unspecified atom stereocenters. The van der Waals surface area contributed by atoms with Gasteiger partial charge in [0, 0.05) is 19.3 Å². The summed E-state index contributed by atoms with van der Waals surface area (Å²) in [7, 11) is 0. The largest absolute Gasteiger partial charge is 0.501 e. The fraction of sp³-hybridized carbons (Fsp3) is 0.414. The first-order chi connectivity index (χ1) is 18.7. The minimum atomic E-state index is -0.940. The summed E-state index contributed by atoms with van der Waals surface area (Å²) < 4.78 is 15.1. The van der Waals surface area contributed by atoms with E-state index in [1.807, 2.05) is 18.2 Å². The van der Waals surface area contributed by atoms with Crippen LogP contribution in [-0.4, -0.2) is 31.5 Å². The molecule has 2 fully saturated rings. The van der Waals surface area contributed by atoms with Gasteiger partial charge in [-0.25, -0.2) is 9.37 Å². The SMILES string of the molecule is Cc1cc(CNC(=O)c2nc3n(c(=O)c2O)CC2CCC3(NC(=O)C3(c4ccccn4)CC3)CC2)ccc1F. The van der Waals surface area contributed by atoms with E-state index in [1.165, 1.54) is 10.6 Å². The molecule has 2 aliphatic carbocycles. The summed E-state index contributed by atoms with van der Waals surface area (Å²) in [6.45, 7) is 2.06. The summed E-state index contributed by atoms with van der Waals surface area (Å²) in [6.07, 6.45) is 5.76. The molecule has 2 saturated carbocycles. The molecule has 3 N–H and O–H groups in total. The highest BCUT2D eigenvalue weighted by atomic mass is 19.1. The van der Waals surface area contributed by atoms with Gasteiger partial charge < -0.3 is 15.7 Å². The quantitative estimate of drug-likeness (QED) is 0.449. The second-order valence-electron chi connectivity index (χ2n) is 11.1. The third-order valence-electron chi connectivity index (χ3n) is 8.56. The highest BCUT2D eigenvalue weighted by Crippen LogP contribution is 2.50. The number of fused-ring (bicyclic) bond motifs is 2. The molecule has 2 aliphatic heterocycles. The fourth-order valence-corrected chi connectivity index (χ4v) is 6.04. The number of hydrogen-bond donors (Lipinski definition) is 3. The van der Waals surface area contributed by atoms with E-state index in [2.05, 4.69) is 20.6 Å². The van der Waals surface area contributed by atoms with Crippen molar-refractivity contribution in [3.63, 3.8) is 0 Å². The van der Waals surface area contributed by atoms with Crippen molar-refractivity contribution in [2.24, 2.45) is 5.92 Å². The molecule has 7 rings (SSSR count). The van der Waals surface area contributed by atoms with Gasteiger partial charge in [-0.05, 0) is 80.7 Å². The Bertz CT molecular complexity index is 1520. The molecule has 2 amide bonds. The predicted octanol–water partition coefficient (Wildman–Crippen LogP) is 2.97. The van der Waals surface area contributed by atoms with Crippen molar-refractivity contribution in [2.75, 3.05) is 0 Å². The lowest BCUT2D eigenvalue weighted by Gasteiger charge is -2.38. The van der Waals surface area contributed by atoms with Crippen molar-refractivity contribution < 1.29 is 19.1 Å². The van der Waals surface area contributed by atoms with Crippen LogP contribution in [0.2, 0.25) is 0 Å². The van der Waals surface area contributed by atoms with Crippen LogP contribution in [0.25, 0.3) is 0 Å². The molecular formula is C29H30FN5O4. The lowest BCUT2D eigenvalue weighted by molar-refractivity contribution is -0.126. The maximum Gasteiger partial charge on any atom is 0.296 e. The first kappa shape index (κ1) is 25.2. The van der Waals surface area contributed by atoms with Crippen LogP contribution < -0.4 is 16.2 Å². The molecule has 10 heteroatoms. The van der Waals surface area contributed by atoms with Crippen molar-refractivity contribution in [3.8, 4) is 5.75 Å². The zero-order valence-corrected chi connectivity index (χ0v) is 21.7. The van der Waals surface area contributed by atoms with E-state index < -0.39 is 28.2 Å². The normalized spacial score (nSPS) is 22.5. The number of amides is 2. The third kappa shape index (κ3) is 4.27. The van der Waals surface area contributed by atoms with E-state index in [0.717, 1.165) is 12.8 Å². The van der Waals surface area contributed by atoms with E-state index in [-0.39, 0.29) is 29.9 Å². The molecule has 0 spiro atoms. The Kier molecular flexibility index (Phi) is 6.00. The number of hydrogen-bond acceptors (Lipinski definition) is 6. The van der Waals surface area contributed by atoms with Crippen LogP contribution in [0, 0.1) is 18.7 Å². The third-order valence-corrected chi connectivity index (χ3v) is 8.56. The summed E-state index contributed by atoms with van der Waals surface area (Å²) in [6, 6.07) is 10.0. The van der Waals surface area contributed by atoms with Crippen LogP contribution in [0.4, 0.5) is 4.39 Å². The maximum atomic E-state index is 13.8. The first-order valence-electron chi connectivity index (χ1n) is 13.3. The summed E-state index contributed by atoms with van der Waals surface area (Å²) in [5.41, 5.74) is -0.901. The highest BCUT2D eigenvalue weighted by molar-refractivity contribution is 5.95. The standard InChI is InChI=1S/C29H30FN5O4/c1-17-14-19(5-6-20(17)30)15-32-24(37)22-23(36)25(38)35-16-18-7-9-29(10-8-18,26(35)33-22)34-27(39)28(11-12-28)21-4-2-3-13-31-21/h2-6,13-14,18,36H,7-12,15-16H2,1H3,(H,32,37)(H,34,39). The smallest absolute Gasteiger partial charge is 0.296 e. The van der Waals surface area contributed by atoms with Crippen LogP contribution >= 0.6 is 0 Å². The zero-order valence-electron chi connectivity index (χ0n) is 21.7. The minimum Gasteiger partial charge on any atom is -0.501 e. The Morgan fingerprint density at radius 1 is 1.15 bits per heavy atom. The minimum absolute atomic E-state index is 0.0655. The van der Waals surface area contributed by atoms with Gasteiger partial charge in [0.05, 0.1) is 16.6 Å². The molecule has 39 heavy (non-hydrogen) atoms. The Balaban J connectivity index is 1.34. The van der Waals surface area contributed by atoms with Gasteiger partial charge in [0.25, 0.3) is 11.5 Å². The van der Waals surface area contributed by atoms with E-state index >= 15 is 0 Å². The molecule has 2 bridgehead atoms. The van der Waals surface area contributed by atoms with Crippen LogP contribution in [0.3, 0.4) is 0 Å². The Hall–Kier alpha value is -4.08. The average Bonchev–Trinajstić information content (AvgIpc) is 3.78.